The van der Waals surface area contributed by atoms with Gasteiger partial charge in [0.2, 0.25) is 34.8 Å². The number of rotatable bonds is 23. The lowest BCUT2D eigenvalue weighted by atomic mass is 10.2. The van der Waals surface area contributed by atoms with E-state index < -0.39 is 47.2 Å². The van der Waals surface area contributed by atoms with Crippen LogP contribution in [-0.2, 0) is 38.0 Å². The summed E-state index contributed by atoms with van der Waals surface area (Å²) in [5.41, 5.74) is 0. The average Bonchev–Trinajstić information content (AvgIpc) is 2.89. The lowest BCUT2D eigenvalue weighted by Crippen LogP contribution is -2.16. The van der Waals surface area contributed by atoms with E-state index in [2.05, 4.69) is 4.74 Å². The molecule has 0 aromatic heterocycles. The zero-order valence-corrected chi connectivity index (χ0v) is 21.5. The number of carbonyl (C=O) groups is 1. The van der Waals surface area contributed by atoms with Crippen LogP contribution in [0.1, 0.15) is 20.3 Å². The van der Waals surface area contributed by atoms with Crippen molar-refractivity contribution in [3.63, 3.8) is 0 Å². The highest BCUT2D eigenvalue weighted by atomic mass is 19.2. The van der Waals surface area contributed by atoms with Gasteiger partial charge in [0, 0.05) is 0 Å². The largest absolute Gasteiger partial charge is 0.420 e. The number of halogens is 5. The van der Waals surface area contributed by atoms with Crippen molar-refractivity contribution < 1.29 is 64.6 Å². The van der Waals surface area contributed by atoms with E-state index in [0.29, 0.717) is 59.5 Å². The Morgan fingerprint density at radius 2 is 0.842 bits per heavy atom. The summed E-state index contributed by atoms with van der Waals surface area (Å²) in [5, 5.41) is 0. The normalized spacial score (nSPS) is 11.5. The molecule has 38 heavy (non-hydrogen) atoms. The number of carbonyl (C=O) groups excluding carboxylic acids is 1. The minimum Gasteiger partial charge on any atom is -0.420 e. The molecule has 1 aromatic rings. The zero-order valence-electron chi connectivity index (χ0n) is 21.5. The van der Waals surface area contributed by atoms with Gasteiger partial charge in [0.15, 0.2) is 0 Å². The first kappa shape index (κ1) is 34.1. The highest BCUT2D eigenvalue weighted by molar-refractivity contribution is 5.72. The molecule has 0 N–H and O–H groups in total. The van der Waals surface area contributed by atoms with Crippen LogP contribution in [0.5, 0.6) is 5.75 Å². The SMILES string of the molecule is CC(C)OCCOCCOCCOCCOCCOCCOCCC(=O)Oc1c(F)c(F)c(F)c(F)c1F. The smallest absolute Gasteiger partial charge is 0.313 e. The van der Waals surface area contributed by atoms with Crippen LogP contribution in [0, 0.1) is 29.1 Å². The molecule has 0 fully saturated rings. The maximum Gasteiger partial charge on any atom is 0.313 e. The number of hydrogen-bond donors (Lipinski definition) is 0. The van der Waals surface area contributed by atoms with Gasteiger partial charge in [0.25, 0.3) is 0 Å². The standard InChI is InChI=1S/C24H35F5O9/c1-17(2)37-16-15-36-14-13-35-12-11-34-10-9-33-8-7-32-6-5-31-4-3-18(30)38-24-22(28)20(26)19(25)21(27)23(24)29/h17H,3-16H2,1-2H3. The highest BCUT2D eigenvalue weighted by Gasteiger charge is 2.28. The van der Waals surface area contributed by atoms with Gasteiger partial charge in [0.1, 0.15) is 0 Å². The molecule has 0 saturated carbocycles. The van der Waals surface area contributed by atoms with Gasteiger partial charge >= 0.3 is 5.97 Å². The fraction of sp³-hybridized carbons (Fsp3) is 0.708. The minimum atomic E-state index is -2.34. The van der Waals surface area contributed by atoms with Crippen molar-refractivity contribution in [3.8, 4) is 5.75 Å². The lowest BCUT2D eigenvalue weighted by Gasteiger charge is -2.09. The Hall–Kier alpha value is -1.94. The van der Waals surface area contributed by atoms with Crippen molar-refractivity contribution in [3.05, 3.63) is 29.1 Å². The van der Waals surface area contributed by atoms with Crippen LogP contribution in [0.3, 0.4) is 0 Å². The first-order valence-corrected chi connectivity index (χ1v) is 12.1. The summed E-state index contributed by atoms with van der Waals surface area (Å²) in [6.07, 6.45) is -0.287. The maximum absolute atomic E-state index is 13.5. The zero-order chi connectivity index (χ0) is 28.2. The average molecular weight is 563 g/mol. The topological polar surface area (TPSA) is 90.9 Å². The summed E-state index contributed by atoms with van der Waals surface area (Å²) >= 11 is 0. The Kier molecular flexibility index (Phi) is 18.8. The Morgan fingerprint density at radius 1 is 0.526 bits per heavy atom. The summed E-state index contributed by atoms with van der Waals surface area (Å²) in [7, 11) is 0. The molecule has 1 rings (SSSR count). The first-order valence-electron chi connectivity index (χ1n) is 12.1. The molecule has 0 spiro atoms. The van der Waals surface area contributed by atoms with E-state index in [1.54, 1.807) is 0 Å². The Morgan fingerprint density at radius 3 is 1.21 bits per heavy atom. The molecule has 0 aliphatic rings. The predicted octanol–water partition coefficient (Wildman–Crippen LogP) is 3.20. The van der Waals surface area contributed by atoms with Crippen molar-refractivity contribution in [2.45, 2.75) is 26.4 Å². The molecule has 220 valence electrons. The molecule has 0 unspecified atom stereocenters. The van der Waals surface area contributed by atoms with Crippen LogP contribution in [-0.4, -0.2) is 98.0 Å². The van der Waals surface area contributed by atoms with E-state index in [1.165, 1.54) is 0 Å². The minimum absolute atomic E-state index is 0.0929. The van der Waals surface area contributed by atoms with E-state index in [4.69, 9.17) is 33.2 Å². The van der Waals surface area contributed by atoms with Gasteiger partial charge in [-0.15, -0.1) is 0 Å². The van der Waals surface area contributed by atoms with E-state index >= 15 is 0 Å². The summed E-state index contributed by atoms with van der Waals surface area (Å²) in [6.45, 7) is 8.32. The Labute approximate surface area is 218 Å². The molecular weight excluding hydrogens is 527 g/mol. The highest BCUT2D eigenvalue weighted by Crippen LogP contribution is 2.29. The van der Waals surface area contributed by atoms with E-state index in [1.807, 2.05) is 13.8 Å². The van der Waals surface area contributed by atoms with Gasteiger partial charge in [-0.1, -0.05) is 0 Å². The monoisotopic (exact) mass is 562 g/mol. The molecule has 0 amide bonds. The summed E-state index contributed by atoms with van der Waals surface area (Å²) in [6, 6.07) is 0. The number of benzene rings is 1. The van der Waals surface area contributed by atoms with Crippen molar-refractivity contribution in [2.75, 3.05) is 85.9 Å². The van der Waals surface area contributed by atoms with Crippen LogP contribution >= 0.6 is 0 Å². The van der Waals surface area contributed by atoms with Crippen LogP contribution in [0.4, 0.5) is 22.0 Å². The lowest BCUT2D eigenvalue weighted by molar-refractivity contribution is -0.136. The molecule has 0 aliphatic heterocycles. The second-order valence-electron chi connectivity index (χ2n) is 7.72. The van der Waals surface area contributed by atoms with Crippen LogP contribution in [0.15, 0.2) is 0 Å². The van der Waals surface area contributed by atoms with Gasteiger partial charge in [-0.25, -0.2) is 13.2 Å². The van der Waals surface area contributed by atoms with E-state index in [9.17, 15) is 26.7 Å². The first-order chi connectivity index (χ1) is 18.3. The summed E-state index contributed by atoms with van der Waals surface area (Å²) in [5.74, 6) is -14.1. The second kappa shape index (κ2) is 21.0. The Bertz CT molecular complexity index is 770. The molecule has 0 heterocycles. The molecule has 0 atom stereocenters. The third-order valence-electron chi connectivity index (χ3n) is 4.37. The summed E-state index contributed by atoms with van der Waals surface area (Å²) in [4.78, 5) is 11.6. The maximum atomic E-state index is 13.5. The van der Waals surface area contributed by atoms with E-state index in [0.717, 1.165) is 0 Å². The van der Waals surface area contributed by atoms with E-state index in [-0.39, 0.29) is 32.5 Å². The number of hydrogen-bond acceptors (Lipinski definition) is 9. The number of ether oxygens (including phenoxy) is 8. The molecule has 1 aromatic carbocycles. The van der Waals surface area contributed by atoms with Crippen molar-refractivity contribution >= 4 is 5.97 Å². The molecule has 0 radical (unpaired) electrons. The van der Waals surface area contributed by atoms with Crippen molar-refractivity contribution in [1.82, 2.24) is 0 Å². The fourth-order valence-electron chi connectivity index (χ4n) is 2.54. The fourth-order valence-corrected chi connectivity index (χ4v) is 2.54. The molecule has 14 heteroatoms. The quantitative estimate of drug-likeness (QED) is 0.0498. The van der Waals surface area contributed by atoms with Crippen LogP contribution in [0.25, 0.3) is 0 Å². The van der Waals surface area contributed by atoms with Gasteiger partial charge in [-0.3, -0.25) is 4.79 Å². The Balaban J connectivity index is 1.88. The predicted molar refractivity (Wildman–Crippen MR) is 122 cm³/mol. The van der Waals surface area contributed by atoms with Crippen molar-refractivity contribution in [1.29, 1.82) is 0 Å². The number of esters is 1. The van der Waals surface area contributed by atoms with Gasteiger partial charge < -0.3 is 37.9 Å². The molecule has 9 nitrogen and oxygen atoms in total. The van der Waals surface area contributed by atoms with Gasteiger partial charge in [-0.05, 0) is 13.8 Å². The van der Waals surface area contributed by atoms with Gasteiger partial charge in [0.05, 0.1) is 98.4 Å². The summed E-state index contributed by atoms with van der Waals surface area (Å²) < 4.78 is 107. The third kappa shape index (κ3) is 14.9. The molecule has 0 bridgehead atoms. The van der Waals surface area contributed by atoms with Crippen LogP contribution in [0.2, 0.25) is 0 Å². The third-order valence-corrected chi connectivity index (χ3v) is 4.37. The molecular formula is C24H35F5O9. The molecule has 0 saturated heterocycles. The second-order valence-corrected chi connectivity index (χ2v) is 7.72. The van der Waals surface area contributed by atoms with Crippen LogP contribution < -0.4 is 4.74 Å². The molecule has 0 aliphatic carbocycles. The van der Waals surface area contributed by atoms with Crippen molar-refractivity contribution in [2.24, 2.45) is 0 Å². The van der Waals surface area contributed by atoms with Gasteiger partial charge in [-0.2, -0.15) is 8.78 Å².